The van der Waals surface area contributed by atoms with Crippen LogP contribution in [-0.4, -0.2) is 41.9 Å². The van der Waals surface area contributed by atoms with Crippen molar-refractivity contribution >= 4 is 5.95 Å². The number of benzene rings is 1. The van der Waals surface area contributed by atoms with Gasteiger partial charge >= 0.3 is 0 Å². The standard InChI is InChI=1S/C23H28N4O3/c1-16-2-6-18(7-3-16)26-23-25-14-21(22(27-23)30-20-10-12-28-15-20)17-4-8-19(9-5-17)29-13-11-24/h4-5,8-9,14,16,18,20H,2-3,6-7,10,12-13,15H2,1H3,(H,25,26,27)/t16?,18?,20-/m0/s1. The normalized spacial score (nSPS) is 23.5. The van der Waals surface area contributed by atoms with E-state index in [1.54, 1.807) is 0 Å². The number of ether oxygens (including phenoxy) is 3. The Balaban J connectivity index is 1.54. The number of aromatic nitrogens is 2. The molecule has 1 N–H and O–H groups in total. The summed E-state index contributed by atoms with van der Waals surface area (Å²) in [6.07, 6.45) is 7.43. The van der Waals surface area contributed by atoms with E-state index in [1.165, 1.54) is 12.8 Å². The van der Waals surface area contributed by atoms with Crippen LogP contribution in [0.3, 0.4) is 0 Å². The number of anilines is 1. The second-order valence-electron chi connectivity index (χ2n) is 8.09. The van der Waals surface area contributed by atoms with E-state index in [4.69, 9.17) is 24.5 Å². The minimum absolute atomic E-state index is 0.000246. The molecule has 1 aliphatic heterocycles. The molecule has 0 radical (unpaired) electrons. The largest absolute Gasteiger partial charge is 0.479 e. The molecule has 2 fully saturated rings. The summed E-state index contributed by atoms with van der Waals surface area (Å²) in [6, 6.07) is 9.92. The first-order chi connectivity index (χ1) is 14.7. The molecule has 2 heterocycles. The van der Waals surface area contributed by atoms with Crippen LogP contribution in [0.2, 0.25) is 0 Å². The highest BCUT2D eigenvalue weighted by Crippen LogP contribution is 2.32. The lowest BCUT2D eigenvalue weighted by molar-refractivity contribution is 0.138. The number of rotatable bonds is 7. The van der Waals surface area contributed by atoms with Crippen LogP contribution in [0.4, 0.5) is 5.95 Å². The van der Waals surface area contributed by atoms with Crippen LogP contribution >= 0.6 is 0 Å². The van der Waals surface area contributed by atoms with E-state index in [0.29, 0.717) is 36.8 Å². The predicted molar refractivity (Wildman–Crippen MR) is 113 cm³/mol. The first-order valence-corrected chi connectivity index (χ1v) is 10.7. The van der Waals surface area contributed by atoms with Gasteiger partial charge in [-0.15, -0.1) is 0 Å². The molecule has 2 aliphatic rings. The Morgan fingerprint density at radius 3 is 2.67 bits per heavy atom. The third kappa shape index (κ3) is 5.19. The van der Waals surface area contributed by atoms with Gasteiger partial charge in [-0.3, -0.25) is 0 Å². The molecular weight excluding hydrogens is 380 g/mol. The minimum Gasteiger partial charge on any atom is -0.479 e. The SMILES string of the molecule is CC1CCC(Nc2ncc(-c3ccc(OCC#N)cc3)c(O[C@H]3CCOC3)n2)CC1. The molecule has 1 saturated heterocycles. The summed E-state index contributed by atoms with van der Waals surface area (Å²) in [6.45, 7) is 3.63. The topological polar surface area (TPSA) is 89.3 Å². The molecule has 0 unspecified atom stereocenters. The van der Waals surface area contributed by atoms with E-state index >= 15 is 0 Å². The zero-order valence-electron chi connectivity index (χ0n) is 17.3. The molecule has 4 rings (SSSR count). The van der Waals surface area contributed by atoms with Crippen molar-refractivity contribution in [2.45, 2.75) is 51.2 Å². The number of nitrogens with zero attached hydrogens (tertiary/aromatic N) is 3. The van der Waals surface area contributed by atoms with Crippen molar-refractivity contribution in [1.82, 2.24) is 9.97 Å². The van der Waals surface area contributed by atoms with Crippen LogP contribution in [0, 0.1) is 17.2 Å². The molecule has 1 aromatic heterocycles. The predicted octanol–water partition coefficient (Wildman–Crippen LogP) is 4.20. The van der Waals surface area contributed by atoms with E-state index in [1.807, 2.05) is 36.5 Å². The van der Waals surface area contributed by atoms with Crippen molar-refractivity contribution in [2.75, 3.05) is 25.1 Å². The van der Waals surface area contributed by atoms with E-state index in [2.05, 4.69) is 17.2 Å². The molecule has 1 saturated carbocycles. The summed E-state index contributed by atoms with van der Waals surface area (Å²) >= 11 is 0. The third-order valence-electron chi connectivity index (χ3n) is 5.74. The van der Waals surface area contributed by atoms with Gasteiger partial charge in [0.25, 0.3) is 0 Å². The van der Waals surface area contributed by atoms with Crippen molar-refractivity contribution in [1.29, 1.82) is 5.26 Å². The summed E-state index contributed by atoms with van der Waals surface area (Å²) in [5.74, 6) is 2.63. The highest BCUT2D eigenvalue weighted by Gasteiger charge is 2.23. The summed E-state index contributed by atoms with van der Waals surface area (Å²) in [4.78, 5) is 9.29. The van der Waals surface area contributed by atoms with Crippen LogP contribution < -0.4 is 14.8 Å². The Bertz CT molecular complexity index is 867. The van der Waals surface area contributed by atoms with Crippen molar-refractivity contribution in [3.8, 4) is 28.8 Å². The quantitative estimate of drug-likeness (QED) is 0.734. The summed E-state index contributed by atoms with van der Waals surface area (Å²) in [5, 5.41) is 12.2. The molecule has 30 heavy (non-hydrogen) atoms. The molecule has 2 aromatic rings. The molecule has 7 nitrogen and oxygen atoms in total. The van der Waals surface area contributed by atoms with Gasteiger partial charge in [0, 0.05) is 18.7 Å². The van der Waals surface area contributed by atoms with Crippen LogP contribution in [0.1, 0.15) is 39.0 Å². The minimum atomic E-state index is 0.000246. The van der Waals surface area contributed by atoms with E-state index < -0.39 is 0 Å². The van der Waals surface area contributed by atoms with Gasteiger partial charge in [-0.05, 0) is 49.3 Å². The molecule has 1 atom stereocenters. The summed E-state index contributed by atoms with van der Waals surface area (Å²) in [7, 11) is 0. The first kappa shape index (κ1) is 20.4. The Morgan fingerprint density at radius 1 is 1.17 bits per heavy atom. The number of hydrogen-bond acceptors (Lipinski definition) is 7. The van der Waals surface area contributed by atoms with Crippen molar-refractivity contribution in [2.24, 2.45) is 5.92 Å². The fourth-order valence-electron chi connectivity index (χ4n) is 3.92. The van der Waals surface area contributed by atoms with Crippen LogP contribution in [-0.2, 0) is 4.74 Å². The van der Waals surface area contributed by atoms with Gasteiger partial charge in [0.1, 0.15) is 17.9 Å². The molecule has 1 aliphatic carbocycles. The van der Waals surface area contributed by atoms with Crippen molar-refractivity contribution < 1.29 is 14.2 Å². The van der Waals surface area contributed by atoms with Gasteiger partial charge in [0.2, 0.25) is 11.8 Å². The average Bonchev–Trinajstić information content (AvgIpc) is 3.28. The molecule has 0 spiro atoms. The van der Waals surface area contributed by atoms with Gasteiger partial charge in [-0.2, -0.15) is 10.2 Å². The van der Waals surface area contributed by atoms with Gasteiger partial charge in [0.15, 0.2) is 6.61 Å². The fourth-order valence-corrected chi connectivity index (χ4v) is 3.92. The third-order valence-corrected chi connectivity index (χ3v) is 5.74. The van der Waals surface area contributed by atoms with E-state index in [-0.39, 0.29) is 12.7 Å². The number of nitrogens with one attached hydrogen (secondary N) is 1. The van der Waals surface area contributed by atoms with Crippen LogP contribution in [0.25, 0.3) is 11.1 Å². The monoisotopic (exact) mass is 408 g/mol. The lowest BCUT2D eigenvalue weighted by atomic mass is 9.87. The average molecular weight is 409 g/mol. The Morgan fingerprint density at radius 2 is 1.97 bits per heavy atom. The number of hydrogen-bond donors (Lipinski definition) is 1. The summed E-state index contributed by atoms with van der Waals surface area (Å²) in [5.41, 5.74) is 1.77. The Kier molecular flexibility index (Phi) is 6.65. The number of nitriles is 1. The lowest BCUT2D eigenvalue weighted by Crippen LogP contribution is -2.26. The maximum atomic E-state index is 8.66. The van der Waals surface area contributed by atoms with Crippen LogP contribution in [0.5, 0.6) is 11.6 Å². The molecule has 1 aromatic carbocycles. The first-order valence-electron chi connectivity index (χ1n) is 10.7. The second-order valence-corrected chi connectivity index (χ2v) is 8.09. The maximum absolute atomic E-state index is 8.66. The Labute approximate surface area is 177 Å². The lowest BCUT2D eigenvalue weighted by Gasteiger charge is -2.27. The van der Waals surface area contributed by atoms with Gasteiger partial charge in [-0.25, -0.2) is 4.98 Å². The highest BCUT2D eigenvalue weighted by atomic mass is 16.5. The van der Waals surface area contributed by atoms with Crippen LogP contribution in [0.15, 0.2) is 30.5 Å². The highest BCUT2D eigenvalue weighted by molar-refractivity contribution is 5.69. The molecular formula is C23H28N4O3. The second kappa shape index (κ2) is 9.77. The zero-order chi connectivity index (χ0) is 20.8. The molecule has 0 bridgehead atoms. The van der Waals surface area contributed by atoms with Crippen molar-refractivity contribution in [3.05, 3.63) is 30.5 Å². The van der Waals surface area contributed by atoms with Gasteiger partial charge < -0.3 is 19.5 Å². The van der Waals surface area contributed by atoms with Gasteiger partial charge in [-0.1, -0.05) is 19.1 Å². The van der Waals surface area contributed by atoms with E-state index in [0.717, 1.165) is 36.3 Å². The van der Waals surface area contributed by atoms with E-state index in [9.17, 15) is 0 Å². The maximum Gasteiger partial charge on any atom is 0.226 e. The molecule has 158 valence electrons. The van der Waals surface area contributed by atoms with Gasteiger partial charge in [0.05, 0.1) is 18.8 Å². The fraction of sp³-hybridized carbons (Fsp3) is 0.522. The zero-order valence-corrected chi connectivity index (χ0v) is 17.3. The Hall–Kier alpha value is -2.85. The smallest absolute Gasteiger partial charge is 0.226 e. The molecule has 0 amide bonds. The summed E-state index contributed by atoms with van der Waals surface area (Å²) < 4.78 is 17.0. The van der Waals surface area contributed by atoms with Crippen molar-refractivity contribution in [3.63, 3.8) is 0 Å². The molecule has 7 heteroatoms.